The Morgan fingerprint density at radius 2 is 2.00 bits per heavy atom. The molecule has 3 rings (SSSR count). The van der Waals surface area contributed by atoms with Crippen LogP contribution in [0.2, 0.25) is 0 Å². The Hall–Kier alpha value is -2.17. The Labute approximate surface area is 149 Å². The summed E-state index contributed by atoms with van der Waals surface area (Å²) in [5, 5.41) is 5.58. The molecule has 1 heterocycles. The molecule has 1 unspecified atom stereocenters. The molecule has 1 aliphatic rings. The van der Waals surface area contributed by atoms with Crippen LogP contribution in [-0.2, 0) is 20.9 Å². The predicted octanol–water partition coefficient (Wildman–Crippen LogP) is 3.84. The van der Waals surface area contributed by atoms with Gasteiger partial charge in [-0.05, 0) is 16.3 Å². The molecule has 25 heavy (non-hydrogen) atoms. The standard InChI is InChI=1S/C19H21NO3.C2H6/c1-2-10-22-19(21)18-11-16(12-20-18)23-13-15-8-5-7-14-6-3-4-9-17(14)15;1-2/h2-9,16,18,20H,1,10-13H2;1-2H3/t16-,18?;/m1./s1. The fourth-order valence-electron chi connectivity index (χ4n) is 2.88. The smallest absolute Gasteiger partial charge is 0.323 e. The Balaban J connectivity index is 0.00000109. The lowest BCUT2D eigenvalue weighted by Crippen LogP contribution is -2.32. The molecule has 1 aliphatic heterocycles. The second-order valence-electron chi connectivity index (χ2n) is 5.69. The van der Waals surface area contributed by atoms with E-state index in [-0.39, 0.29) is 24.7 Å². The normalized spacial score (nSPS) is 19.1. The van der Waals surface area contributed by atoms with Gasteiger partial charge in [-0.15, -0.1) is 0 Å². The van der Waals surface area contributed by atoms with Crippen molar-refractivity contribution in [2.45, 2.75) is 39.0 Å². The summed E-state index contributed by atoms with van der Waals surface area (Å²) in [5.41, 5.74) is 1.17. The molecule has 4 nitrogen and oxygen atoms in total. The number of benzene rings is 2. The average molecular weight is 341 g/mol. The van der Waals surface area contributed by atoms with Gasteiger partial charge in [0.15, 0.2) is 0 Å². The van der Waals surface area contributed by atoms with Crippen molar-refractivity contribution in [3.63, 3.8) is 0 Å². The zero-order valence-electron chi connectivity index (χ0n) is 15.0. The van der Waals surface area contributed by atoms with Gasteiger partial charge >= 0.3 is 5.97 Å². The summed E-state index contributed by atoms with van der Waals surface area (Å²) in [6, 6.07) is 14.2. The fourth-order valence-corrected chi connectivity index (χ4v) is 2.88. The van der Waals surface area contributed by atoms with E-state index in [1.165, 1.54) is 16.3 Å². The van der Waals surface area contributed by atoms with Gasteiger partial charge in [0.2, 0.25) is 0 Å². The molecule has 2 aromatic rings. The molecule has 0 aromatic heterocycles. The van der Waals surface area contributed by atoms with Crippen molar-refractivity contribution in [3.05, 3.63) is 60.7 Å². The van der Waals surface area contributed by atoms with Crippen LogP contribution in [0.25, 0.3) is 10.8 Å². The van der Waals surface area contributed by atoms with Crippen molar-refractivity contribution < 1.29 is 14.3 Å². The summed E-state index contributed by atoms with van der Waals surface area (Å²) in [7, 11) is 0. The topological polar surface area (TPSA) is 47.6 Å². The summed E-state index contributed by atoms with van der Waals surface area (Å²) >= 11 is 0. The molecule has 134 valence electrons. The third-order valence-corrected chi connectivity index (χ3v) is 4.07. The fraction of sp³-hybridized carbons (Fsp3) is 0.381. The van der Waals surface area contributed by atoms with Crippen LogP contribution < -0.4 is 5.32 Å². The Bertz CT molecular complexity index is 693. The van der Waals surface area contributed by atoms with Crippen molar-refractivity contribution >= 4 is 16.7 Å². The molecule has 4 heteroatoms. The van der Waals surface area contributed by atoms with Gasteiger partial charge in [0.05, 0.1) is 12.7 Å². The number of ether oxygens (including phenoxy) is 2. The summed E-state index contributed by atoms with van der Waals surface area (Å²) in [6.07, 6.45) is 2.23. The monoisotopic (exact) mass is 341 g/mol. The second-order valence-corrected chi connectivity index (χ2v) is 5.69. The predicted molar refractivity (Wildman–Crippen MR) is 101 cm³/mol. The minimum atomic E-state index is -0.285. The number of esters is 1. The molecule has 1 N–H and O–H groups in total. The van der Waals surface area contributed by atoms with Crippen LogP contribution in [-0.4, -0.2) is 31.3 Å². The van der Waals surface area contributed by atoms with Gasteiger partial charge in [0.25, 0.3) is 0 Å². The highest BCUT2D eigenvalue weighted by Crippen LogP contribution is 2.21. The van der Waals surface area contributed by atoms with Crippen LogP contribution in [0.15, 0.2) is 55.1 Å². The van der Waals surface area contributed by atoms with Gasteiger partial charge < -0.3 is 14.8 Å². The first-order chi connectivity index (χ1) is 12.3. The number of hydrogen-bond acceptors (Lipinski definition) is 4. The van der Waals surface area contributed by atoms with Crippen molar-refractivity contribution in [2.75, 3.05) is 13.2 Å². The van der Waals surface area contributed by atoms with E-state index in [1.54, 1.807) is 6.08 Å². The Morgan fingerprint density at radius 1 is 1.24 bits per heavy atom. The molecule has 1 fully saturated rings. The molecule has 2 atom stereocenters. The lowest BCUT2D eigenvalue weighted by molar-refractivity contribution is -0.144. The maximum Gasteiger partial charge on any atom is 0.323 e. The van der Waals surface area contributed by atoms with E-state index >= 15 is 0 Å². The van der Waals surface area contributed by atoms with Crippen LogP contribution in [0.5, 0.6) is 0 Å². The Kier molecular flexibility index (Phi) is 7.64. The van der Waals surface area contributed by atoms with E-state index in [0.29, 0.717) is 19.6 Å². The Morgan fingerprint density at radius 3 is 2.80 bits per heavy atom. The van der Waals surface area contributed by atoms with Gasteiger partial charge in [0.1, 0.15) is 12.6 Å². The van der Waals surface area contributed by atoms with Crippen molar-refractivity contribution in [3.8, 4) is 0 Å². The van der Waals surface area contributed by atoms with Crippen LogP contribution in [0.1, 0.15) is 25.8 Å². The van der Waals surface area contributed by atoms with Gasteiger partial charge in [0, 0.05) is 13.0 Å². The molecule has 0 spiro atoms. The van der Waals surface area contributed by atoms with E-state index in [0.717, 1.165) is 0 Å². The van der Waals surface area contributed by atoms with Crippen LogP contribution in [0, 0.1) is 0 Å². The molecular weight excluding hydrogens is 314 g/mol. The first-order valence-corrected chi connectivity index (χ1v) is 8.87. The van der Waals surface area contributed by atoms with E-state index in [1.807, 2.05) is 32.0 Å². The van der Waals surface area contributed by atoms with E-state index in [2.05, 4.69) is 36.2 Å². The van der Waals surface area contributed by atoms with E-state index in [4.69, 9.17) is 9.47 Å². The van der Waals surface area contributed by atoms with E-state index < -0.39 is 0 Å². The molecule has 0 amide bonds. The lowest BCUT2D eigenvalue weighted by Gasteiger charge is -2.13. The third-order valence-electron chi connectivity index (χ3n) is 4.07. The highest BCUT2D eigenvalue weighted by atomic mass is 16.5. The van der Waals surface area contributed by atoms with Crippen molar-refractivity contribution in [1.29, 1.82) is 0 Å². The van der Waals surface area contributed by atoms with Gasteiger partial charge in [-0.2, -0.15) is 0 Å². The molecule has 0 bridgehead atoms. The maximum atomic E-state index is 11.8. The largest absolute Gasteiger partial charge is 0.460 e. The van der Waals surface area contributed by atoms with Gasteiger partial charge in [-0.3, -0.25) is 4.79 Å². The lowest BCUT2D eigenvalue weighted by atomic mass is 10.1. The quantitative estimate of drug-likeness (QED) is 0.640. The number of carbonyl (C=O) groups is 1. The highest BCUT2D eigenvalue weighted by molar-refractivity contribution is 5.85. The first-order valence-electron chi connectivity index (χ1n) is 8.87. The molecule has 1 saturated heterocycles. The number of carbonyl (C=O) groups excluding carboxylic acids is 1. The van der Waals surface area contributed by atoms with Gasteiger partial charge in [-0.25, -0.2) is 0 Å². The number of nitrogens with one attached hydrogen (secondary N) is 1. The van der Waals surface area contributed by atoms with Gasteiger partial charge in [-0.1, -0.05) is 69.0 Å². The second kappa shape index (κ2) is 9.97. The van der Waals surface area contributed by atoms with Crippen molar-refractivity contribution in [2.24, 2.45) is 0 Å². The zero-order chi connectivity index (χ0) is 18.1. The third kappa shape index (κ3) is 5.15. The molecule has 0 saturated carbocycles. The van der Waals surface area contributed by atoms with Crippen LogP contribution >= 0.6 is 0 Å². The minimum absolute atomic E-state index is 0.0234. The summed E-state index contributed by atoms with van der Waals surface area (Å²) < 4.78 is 11.1. The van der Waals surface area contributed by atoms with Crippen molar-refractivity contribution in [1.82, 2.24) is 5.32 Å². The maximum absolute atomic E-state index is 11.8. The summed E-state index contributed by atoms with van der Waals surface area (Å²) in [6.45, 7) is 9.00. The number of hydrogen-bond donors (Lipinski definition) is 1. The summed E-state index contributed by atoms with van der Waals surface area (Å²) in [5.74, 6) is -0.235. The SMILES string of the molecule is C=CCOC(=O)C1C[C@@H](OCc2cccc3ccccc23)CN1.CC. The zero-order valence-corrected chi connectivity index (χ0v) is 15.0. The summed E-state index contributed by atoms with van der Waals surface area (Å²) in [4.78, 5) is 11.8. The average Bonchev–Trinajstić information content (AvgIpc) is 3.15. The highest BCUT2D eigenvalue weighted by Gasteiger charge is 2.30. The van der Waals surface area contributed by atoms with Crippen LogP contribution in [0.3, 0.4) is 0 Å². The molecule has 2 aromatic carbocycles. The minimum Gasteiger partial charge on any atom is -0.460 e. The number of fused-ring (bicyclic) bond motifs is 1. The molecule has 0 radical (unpaired) electrons. The van der Waals surface area contributed by atoms with E-state index in [9.17, 15) is 4.79 Å². The molecule has 0 aliphatic carbocycles. The molecular formula is C21H27NO3. The number of rotatable bonds is 6. The van der Waals surface area contributed by atoms with Crippen LogP contribution in [0.4, 0.5) is 0 Å². The first kappa shape index (κ1) is 19.2.